The van der Waals surface area contributed by atoms with Gasteiger partial charge < -0.3 is 9.16 Å². The molecule has 0 N–H and O–H groups in total. The summed E-state index contributed by atoms with van der Waals surface area (Å²) < 4.78 is 10.8. The van der Waals surface area contributed by atoms with Crippen molar-refractivity contribution >= 4 is 20.1 Å². The maximum atomic E-state index is 11.9. The number of rotatable bonds is 9. The molecule has 0 radical (unpaired) electrons. The van der Waals surface area contributed by atoms with Crippen LogP contribution in [-0.2, 0) is 18.8 Å². The lowest BCUT2D eigenvalue weighted by molar-refractivity contribution is -0.143. The fourth-order valence-corrected chi connectivity index (χ4v) is 3.05. The molecule has 0 aliphatic heterocycles. The standard InChI is InChI=1S/C16H30O4Si/c1-8-9-10-14(11-13(17)12-15(18)19-5)20-21(6,7)16(2,3)4/h8,14H,1,9-12H2,2-7H3/t14-/m1/s1. The Morgan fingerprint density at radius 2 is 1.86 bits per heavy atom. The predicted molar refractivity (Wildman–Crippen MR) is 87.8 cm³/mol. The number of hydrogen-bond donors (Lipinski definition) is 0. The third kappa shape index (κ3) is 7.57. The molecule has 0 bridgehead atoms. The van der Waals surface area contributed by atoms with E-state index in [0.29, 0.717) is 0 Å². The highest BCUT2D eigenvalue weighted by molar-refractivity contribution is 6.74. The molecule has 0 fully saturated rings. The Hall–Kier alpha value is -0.943. The van der Waals surface area contributed by atoms with Gasteiger partial charge in [-0.05, 0) is 31.0 Å². The topological polar surface area (TPSA) is 52.6 Å². The molecular weight excluding hydrogens is 284 g/mol. The Labute approximate surface area is 130 Å². The zero-order valence-corrected chi connectivity index (χ0v) is 15.3. The largest absolute Gasteiger partial charge is 0.469 e. The minimum atomic E-state index is -1.94. The molecule has 21 heavy (non-hydrogen) atoms. The molecule has 0 aromatic rings. The number of ketones is 1. The first kappa shape index (κ1) is 20.1. The molecule has 5 heteroatoms. The third-order valence-corrected chi connectivity index (χ3v) is 8.52. The lowest BCUT2D eigenvalue weighted by Crippen LogP contribution is -2.44. The van der Waals surface area contributed by atoms with Crippen molar-refractivity contribution < 1.29 is 18.8 Å². The Balaban J connectivity index is 4.76. The van der Waals surface area contributed by atoms with Gasteiger partial charge in [-0.15, -0.1) is 6.58 Å². The van der Waals surface area contributed by atoms with E-state index >= 15 is 0 Å². The number of esters is 1. The van der Waals surface area contributed by atoms with E-state index in [4.69, 9.17) is 4.43 Å². The monoisotopic (exact) mass is 314 g/mol. The summed E-state index contributed by atoms with van der Waals surface area (Å²) in [4.78, 5) is 23.1. The molecule has 0 rings (SSSR count). The molecule has 0 aromatic carbocycles. The van der Waals surface area contributed by atoms with Gasteiger partial charge in [0.05, 0.1) is 13.2 Å². The van der Waals surface area contributed by atoms with Gasteiger partial charge in [0.1, 0.15) is 12.2 Å². The van der Waals surface area contributed by atoms with Gasteiger partial charge in [-0.25, -0.2) is 0 Å². The van der Waals surface area contributed by atoms with E-state index in [1.54, 1.807) is 0 Å². The molecule has 0 aliphatic rings. The molecule has 1 atom stereocenters. The van der Waals surface area contributed by atoms with Crippen LogP contribution in [0.5, 0.6) is 0 Å². The van der Waals surface area contributed by atoms with Crippen molar-refractivity contribution in [3.8, 4) is 0 Å². The first-order valence-electron chi connectivity index (χ1n) is 7.40. The summed E-state index contributed by atoms with van der Waals surface area (Å²) in [6.45, 7) is 14.5. The molecular formula is C16H30O4Si. The zero-order valence-electron chi connectivity index (χ0n) is 14.3. The molecule has 0 spiro atoms. The summed E-state index contributed by atoms with van der Waals surface area (Å²) in [7, 11) is -0.647. The molecule has 0 aromatic heterocycles. The Morgan fingerprint density at radius 1 is 1.29 bits per heavy atom. The van der Waals surface area contributed by atoms with Gasteiger partial charge in [0.25, 0.3) is 0 Å². The summed E-state index contributed by atoms with van der Waals surface area (Å²) in [5, 5.41) is 0.0881. The van der Waals surface area contributed by atoms with Crippen molar-refractivity contribution in [2.45, 2.75) is 70.7 Å². The quantitative estimate of drug-likeness (QED) is 0.281. The van der Waals surface area contributed by atoms with Crippen LogP contribution in [-0.4, -0.2) is 33.3 Å². The van der Waals surface area contributed by atoms with Crippen molar-refractivity contribution in [1.29, 1.82) is 0 Å². The zero-order chi connectivity index (χ0) is 16.7. The summed E-state index contributed by atoms with van der Waals surface area (Å²) in [5.74, 6) is -0.621. The van der Waals surface area contributed by atoms with E-state index in [0.717, 1.165) is 12.8 Å². The van der Waals surface area contributed by atoms with Crippen LogP contribution in [0.2, 0.25) is 18.1 Å². The van der Waals surface area contributed by atoms with E-state index in [1.165, 1.54) is 7.11 Å². The van der Waals surface area contributed by atoms with Crippen LogP contribution < -0.4 is 0 Å². The molecule has 0 saturated carbocycles. The lowest BCUT2D eigenvalue weighted by atomic mass is 10.1. The molecule has 122 valence electrons. The smallest absolute Gasteiger partial charge is 0.313 e. The minimum Gasteiger partial charge on any atom is -0.469 e. The average Bonchev–Trinajstić information content (AvgIpc) is 2.33. The van der Waals surface area contributed by atoms with E-state index in [-0.39, 0.29) is 29.8 Å². The van der Waals surface area contributed by atoms with Crippen LogP contribution in [0, 0.1) is 0 Å². The summed E-state index contributed by atoms with van der Waals surface area (Å²) in [6.07, 6.45) is 3.30. The summed E-state index contributed by atoms with van der Waals surface area (Å²) in [5.41, 5.74) is 0. The second-order valence-electron chi connectivity index (χ2n) is 6.86. The van der Waals surface area contributed by atoms with Crippen LogP contribution in [0.15, 0.2) is 12.7 Å². The first-order chi connectivity index (χ1) is 9.53. The Bertz CT molecular complexity index is 369. The Morgan fingerprint density at radius 3 is 2.29 bits per heavy atom. The molecule has 0 heterocycles. The molecule has 0 amide bonds. The van der Waals surface area contributed by atoms with Gasteiger partial charge in [-0.2, -0.15) is 0 Å². The molecule has 0 unspecified atom stereocenters. The van der Waals surface area contributed by atoms with E-state index < -0.39 is 14.3 Å². The van der Waals surface area contributed by atoms with Crippen LogP contribution in [0.3, 0.4) is 0 Å². The van der Waals surface area contributed by atoms with Crippen LogP contribution >= 0.6 is 0 Å². The SMILES string of the molecule is C=CCC[C@H](CC(=O)CC(=O)OC)O[Si](C)(C)C(C)(C)C. The predicted octanol–water partition coefficient (Wildman–Crippen LogP) is 3.87. The lowest BCUT2D eigenvalue weighted by Gasteiger charge is -2.39. The van der Waals surface area contributed by atoms with Crippen molar-refractivity contribution in [2.24, 2.45) is 0 Å². The number of ether oxygens (including phenoxy) is 1. The van der Waals surface area contributed by atoms with Crippen LogP contribution in [0.25, 0.3) is 0 Å². The fourth-order valence-electron chi connectivity index (χ4n) is 1.66. The number of methoxy groups -OCH3 is 1. The molecule has 0 aliphatic carbocycles. The van der Waals surface area contributed by atoms with Crippen LogP contribution in [0.1, 0.15) is 46.5 Å². The number of hydrogen-bond acceptors (Lipinski definition) is 4. The normalized spacial score (nSPS) is 13.6. The maximum absolute atomic E-state index is 11.9. The van der Waals surface area contributed by atoms with Gasteiger partial charge in [-0.1, -0.05) is 26.8 Å². The summed E-state index contributed by atoms with van der Waals surface area (Å²) >= 11 is 0. The van der Waals surface area contributed by atoms with Crippen molar-refractivity contribution in [3.05, 3.63) is 12.7 Å². The second-order valence-corrected chi connectivity index (χ2v) is 11.6. The third-order valence-electron chi connectivity index (χ3n) is 3.98. The van der Waals surface area contributed by atoms with Gasteiger partial charge >= 0.3 is 5.97 Å². The van der Waals surface area contributed by atoms with E-state index in [9.17, 15) is 9.59 Å². The maximum Gasteiger partial charge on any atom is 0.313 e. The van der Waals surface area contributed by atoms with Gasteiger partial charge in [-0.3, -0.25) is 9.59 Å². The highest BCUT2D eigenvalue weighted by Crippen LogP contribution is 2.38. The fraction of sp³-hybridized carbons (Fsp3) is 0.750. The average molecular weight is 314 g/mol. The molecule has 0 saturated heterocycles. The van der Waals surface area contributed by atoms with Crippen molar-refractivity contribution in [1.82, 2.24) is 0 Å². The summed E-state index contributed by atoms with van der Waals surface area (Å²) in [6, 6.07) is 0. The van der Waals surface area contributed by atoms with Gasteiger partial charge in [0, 0.05) is 6.42 Å². The highest BCUT2D eigenvalue weighted by atomic mass is 28.4. The van der Waals surface area contributed by atoms with E-state index in [2.05, 4.69) is 45.2 Å². The number of Topliss-reactive ketones (excluding diaryl/α,β-unsaturated/α-hetero) is 1. The number of carbonyl (C=O) groups is 2. The van der Waals surface area contributed by atoms with Crippen molar-refractivity contribution in [3.63, 3.8) is 0 Å². The first-order valence-corrected chi connectivity index (χ1v) is 10.3. The van der Waals surface area contributed by atoms with Crippen molar-refractivity contribution in [2.75, 3.05) is 7.11 Å². The molecule has 4 nitrogen and oxygen atoms in total. The van der Waals surface area contributed by atoms with Crippen LogP contribution in [0.4, 0.5) is 0 Å². The number of carbonyl (C=O) groups excluding carboxylic acids is 2. The van der Waals surface area contributed by atoms with E-state index in [1.807, 2.05) is 6.08 Å². The minimum absolute atomic E-state index is 0.0881. The highest BCUT2D eigenvalue weighted by Gasteiger charge is 2.39. The van der Waals surface area contributed by atoms with Gasteiger partial charge in [0.15, 0.2) is 8.32 Å². The van der Waals surface area contributed by atoms with Gasteiger partial charge in [0.2, 0.25) is 0 Å². The Kier molecular flexibility index (Phi) is 8.11. The number of allylic oxidation sites excluding steroid dienone is 1. The second kappa shape index (κ2) is 8.49.